The molecule has 0 bridgehead atoms. The van der Waals surface area contributed by atoms with Crippen molar-refractivity contribution in [1.29, 1.82) is 0 Å². The van der Waals surface area contributed by atoms with E-state index in [9.17, 15) is 4.79 Å². The number of hydrogen-bond donors (Lipinski definition) is 1. The Balaban J connectivity index is 1.26. The molecule has 1 amide bonds. The molecule has 30 heavy (non-hydrogen) atoms. The second kappa shape index (κ2) is 9.65. The molecule has 0 saturated carbocycles. The Bertz CT molecular complexity index is 994. The maximum Gasteiger partial charge on any atom is 0.254 e. The van der Waals surface area contributed by atoms with Crippen molar-refractivity contribution in [3.63, 3.8) is 0 Å². The Labute approximate surface area is 186 Å². The highest BCUT2D eigenvalue weighted by molar-refractivity contribution is 6.31. The molecule has 0 atom stereocenters. The van der Waals surface area contributed by atoms with Crippen LogP contribution in [0.1, 0.15) is 34.3 Å². The van der Waals surface area contributed by atoms with E-state index in [0.29, 0.717) is 17.1 Å². The summed E-state index contributed by atoms with van der Waals surface area (Å²) in [6, 6.07) is 15.8. The van der Waals surface area contributed by atoms with Gasteiger partial charge in [-0.25, -0.2) is 0 Å². The number of benzene rings is 2. The molecule has 1 aromatic heterocycles. The van der Waals surface area contributed by atoms with Crippen molar-refractivity contribution in [2.24, 2.45) is 0 Å². The fraction of sp³-hybridized carbons (Fsp3) is 0.304. The van der Waals surface area contributed by atoms with Gasteiger partial charge in [-0.1, -0.05) is 53.5 Å². The summed E-state index contributed by atoms with van der Waals surface area (Å²) in [6.07, 6.45) is 5.26. The van der Waals surface area contributed by atoms with Crippen LogP contribution in [0.3, 0.4) is 0 Å². The quantitative estimate of drug-likeness (QED) is 0.604. The summed E-state index contributed by atoms with van der Waals surface area (Å²) in [5.74, 6) is -0.0726. The zero-order chi connectivity index (χ0) is 20.9. The Morgan fingerprint density at radius 2 is 1.77 bits per heavy atom. The van der Waals surface area contributed by atoms with Gasteiger partial charge in [-0.2, -0.15) is 5.10 Å². The maximum atomic E-state index is 12.6. The molecule has 0 radical (unpaired) electrons. The fourth-order valence-corrected chi connectivity index (χ4v) is 4.04. The number of nitrogens with zero attached hydrogens (tertiary/aromatic N) is 3. The lowest BCUT2D eigenvalue weighted by Gasteiger charge is -2.32. The Hall–Kier alpha value is -2.34. The van der Waals surface area contributed by atoms with Crippen molar-refractivity contribution in [2.75, 3.05) is 13.1 Å². The minimum Gasteiger partial charge on any atom is -0.349 e. The first kappa shape index (κ1) is 20.9. The molecular weight excluding hydrogens is 419 g/mol. The van der Waals surface area contributed by atoms with Gasteiger partial charge in [0.15, 0.2) is 0 Å². The van der Waals surface area contributed by atoms with Gasteiger partial charge < -0.3 is 5.32 Å². The summed E-state index contributed by atoms with van der Waals surface area (Å²) in [5.41, 5.74) is 2.81. The number of halogens is 2. The number of rotatable bonds is 6. The highest BCUT2D eigenvalue weighted by atomic mass is 35.5. The van der Waals surface area contributed by atoms with Crippen molar-refractivity contribution < 1.29 is 4.79 Å². The average Bonchev–Trinajstić information content (AvgIpc) is 3.22. The largest absolute Gasteiger partial charge is 0.349 e. The van der Waals surface area contributed by atoms with Gasteiger partial charge in [-0.05, 0) is 42.2 Å². The van der Waals surface area contributed by atoms with E-state index in [0.717, 1.165) is 43.1 Å². The van der Waals surface area contributed by atoms with Crippen LogP contribution in [0.2, 0.25) is 10.0 Å². The summed E-state index contributed by atoms with van der Waals surface area (Å²) in [4.78, 5) is 15.0. The van der Waals surface area contributed by atoms with Crippen LogP contribution in [0.25, 0.3) is 0 Å². The van der Waals surface area contributed by atoms with Crippen LogP contribution in [-0.2, 0) is 13.1 Å². The first-order chi connectivity index (χ1) is 14.6. The number of nitrogens with one attached hydrogen (secondary N) is 1. The lowest BCUT2D eigenvalue weighted by molar-refractivity contribution is 0.0909. The van der Waals surface area contributed by atoms with E-state index < -0.39 is 0 Å². The van der Waals surface area contributed by atoms with Crippen molar-refractivity contribution in [3.8, 4) is 0 Å². The van der Waals surface area contributed by atoms with Crippen molar-refractivity contribution in [3.05, 3.63) is 87.7 Å². The summed E-state index contributed by atoms with van der Waals surface area (Å²) >= 11 is 12.2. The third-order valence-electron chi connectivity index (χ3n) is 5.43. The predicted octanol–water partition coefficient (Wildman–Crippen LogP) is 4.63. The maximum absolute atomic E-state index is 12.6. The van der Waals surface area contributed by atoms with Gasteiger partial charge in [0, 0.05) is 41.9 Å². The molecule has 0 aliphatic carbocycles. The molecule has 2 heterocycles. The highest BCUT2D eigenvalue weighted by Gasteiger charge is 2.22. The third kappa shape index (κ3) is 5.42. The van der Waals surface area contributed by atoms with E-state index in [2.05, 4.69) is 27.4 Å². The zero-order valence-electron chi connectivity index (χ0n) is 16.6. The molecule has 1 N–H and O–H groups in total. The number of amides is 1. The summed E-state index contributed by atoms with van der Waals surface area (Å²) in [6.45, 7) is 3.36. The van der Waals surface area contributed by atoms with Crippen LogP contribution in [0.4, 0.5) is 0 Å². The van der Waals surface area contributed by atoms with E-state index in [1.807, 2.05) is 36.4 Å². The van der Waals surface area contributed by atoms with E-state index in [-0.39, 0.29) is 11.9 Å². The predicted molar refractivity (Wildman–Crippen MR) is 120 cm³/mol. The van der Waals surface area contributed by atoms with Crippen LogP contribution in [0.5, 0.6) is 0 Å². The number of aromatic nitrogens is 2. The lowest BCUT2D eigenvalue weighted by atomic mass is 10.0. The summed E-state index contributed by atoms with van der Waals surface area (Å²) in [7, 11) is 0. The van der Waals surface area contributed by atoms with Crippen molar-refractivity contribution >= 4 is 29.1 Å². The number of carbonyl (C=O) groups is 1. The summed E-state index contributed by atoms with van der Waals surface area (Å²) < 4.78 is 1.74. The first-order valence-corrected chi connectivity index (χ1v) is 10.9. The molecule has 1 aliphatic rings. The fourth-order valence-electron chi connectivity index (χ4n) is 3.72. The van der Waals surface area contributed by atoms with E-state index in [1.54, 1.807) is 17.1 Å². The zero-order valence-corrected chi connectivity index (χ0v) is 18.1. The Kier molecular flexibility index (Phi) is 6.72. The molecule has 3 aromatic rings. The molecule has 1 aliphatic heterocycles. The minimum absolute atomic E-state index is 0.0726. The standard InChI is InChI=1S/C23H24Cl2N4O/c24-20-7-5-17(6-8-20)14-28-11-9-21(10-12-28)27-23(30)19-13-26-29(16-19)15-18-3-1-2-4-22(18)25/h1-8,13,16,21H,9-12,14-15H2,(H,27,30). The van der Waals surface area contributed by atoms with Gasteiger partial charge in [0.2, 0.25) is 0 Å². The first-order valence-electron chi connectivity index (χ1n) is 10.1. The topological polar surface area (TPSA) is 50.2 Å². The number of likely N-dealkylation sites (tertiary alicyclic amines) is 1. The van der Waals surface area contributed by atoms with E-state index in [4.69, 9.17) is 23.2 Å². The van der Waals surface area contributed by atoms with Crippen LogP contribution < -0.4 is 5.32 Å². The molecule has 5 nitrogen and oxygen atoms in total. The van der Waals surface area contributed by atoms with E-state index in [1.165, 1.54) is 5.56 Å². The second-order valence-electron chi connectivity index (χ2n) is 7.67. The van der Waals surface area contributed by atoms with Crippen LogP contribution >= 0.6 is 23.2 Å². The molecule has 0 spiro atoms. The highest BCUT2D eigenvalue weighted by Crippen LogP contribution is 2.18. The van der Waals surface area contributed by atoms with Gasteiger partial charge in [-0.15, -0.1) is 0 Å². The molecule has 1 fully saturated rings. The SMILES string of the molecule is O=C(NC1CCN(Cc2ccc(Cl)cc2)CC1)c1cnn(Cc2ccccc2Cl)c1. The smallest absolute Gasteiger partial charge is 0.254 e. The third-order valence-corrected chi connectivity index (χ3v) is 6.05. The average molecular weight is 443 g/mol. The van der Waals surface area contributed by atoms with Crippen LogP contribution in [0, 0.1) is 0 Å². The molecule has 4 rings (SSSR count). The normalized spacial score (nSPS) is 15.3. The monoisotopic (exact) mass is 442 g/mol. The number of carbonyl (C=O) groups excluding carboxylic acids is 1. The molecule has 1 saturated heterocycles. The minimum atomic E-state index is -0.0726. The van der Waals surface area contributed by atoms with Gasteiger partial charge in [0.1, 0.15) is 0 Å². The summed E-state index contributed by atoms with van der Waals surface area (Å²) in [5, 5.41) is 8.92. The second-order valence-corrected chi connectivity index (χ2v) is 8.51. The molecular formula is C23H24Cl2N4O. The lowest BCUT2D eigenvalue weighted by Crippen LogP contribution is -2.44. The number of piperidine rings is 1. The van der Waals surface area contributed by atoms with E-state index >= 15 is 0 Å². The molecule has 2 aromatic carbocycles. The Morgan fingerprint density at radius 3 is 2.50 bits per heavy atom. The van der Waals surface area contributed by atoms with Crippen molar-refractivity contribution in [1.82, 2.24) is 20.0 Å². The molecule has 0 unspecified atom stereocenters. The molecule has 7 heteroatoms. The van der Waals surface area contributed by atoms with Crippen LogP contribution in [-0.4, -0.2) is 39.7 Å². The van der Waals surface area contributed by atoms with Gasteiger partial charge in [0.05, 0.1) is 18.3 Å². The van der Waals surface area contributed by atoms with Crippen LogP contribution in [0.15, 0.2) is 60.9 Å². The Morgan fingerprint density at radius 1 is 1.03 bits per heavy atom. The van der Waals surface area contributed by atoms with Crippen molar-refractivity contribution in [2.45, 2.75) is 32.0 Å². The molecule has 156 valence electrons. The number of hydrogen-bond acceptors (Lipinski definition) is 3. The van der Waals surface area contributed by atoms with Gasteiger partial charge >= 0.3 is 0 Å². The van der Waals surface area contributed by atoms with Gasteiger partial charge in [0.25, 0.3) is 5.91 Å². The van der Waals surface area contributed by atoms with Gasteiger partial charge in [-0.3, -0.25) is 14.4 Å².